The molecule has 4 nitrogen and oxygen atoms in total. The van der Waals surface area contributed by atoms with Crippen molar-refractivity contribution in [1.82, 2.24) is 5.48 Å². The number of amides is 1. The Balaban J connectivity index is 2.36. The summed E-state index contributed by atoms with van der Waals surface area (Å²) in [7, 11) is 0. The van der Waals surface area contributed by atoms with Crippen LogP contribution in [-0.4, -0.2) is 17.6 Å². The van der Waals surface area contributed by atoms with Crippen molar-refractivity contribution in [1.29, 1.82) is 0 Å². The average Bonchev–Trinajstić information content (AvgIpc) is 2.27. The largest absolute Gasteiger partial charge is 0.379 e. The minimum Gasteiger partial charge on any atom is -0.379 e. The van der Waals surface area contributed by atoms with Crippen LogP contribution in [0.1, 0.15) is 15.9 Å². The molecule has 1 aromatic carbocycles. The average molecular weight is 226 g/mol. The molecular weight excluding hydrogens is 218 g/mol. The summed E-state index contributed by atoms with van der Waals surface area (Å²) in [6.45, 7) is 0. The predicted molar refractivity (Wildman–Crippen MR) is 54.0 cm³/mol. The number of ketones is 1. The summed E-state index contributed by atoms with van der Waals surface area (Å²) in [5.74, 6) is 0.121. The number of carbonyl (C=O) groups excluding carboxylic acids is 2. The Kier molecular flexibility index (Phi) is 2.60. The van der Waals surface area contributed by atoms with Crippen molar-refractivity contribution >= 4 is 23.3 Å². The summed E-state index contributed by atoms with van der Waals surface area (Å²) >= 11 is 5.44. The van der Waals surface area contributed by atoms with Crippen LogP contribution in [0, 0.1) is 0 Å². The molecule has 0 spiro atoms. The van der Waals surface area contributed by atoms with E-state index in [1.165, 1.54) is 0 Å². The Bertz CT molecular complexity index is 431. The third-order valence-corrected chi connectivity index (χ3v) is 2.37. The number of hydrogen-bond donors (Lipinski definition) is 1. The fourth-order valence-electron chi connectivity index (χ4n) is 1.39. The molecule has 2 rings (SSSR count). The number of fused-ring (bicyclic) bond motifs is 1. The maximum atomic E-state index is 11.3. The van der Waals surface area contributed by atoms with Crippen molar-refractivity contribution in [2.75, 3.05) is 5.88 Å². The van der Waals surface area contributed by atoms with Crippen LogP contribution in [0.2, 0.25) is 0 Å². The van der Waals surface area contributed by atoms with Gasteiger partial charge < -0.3 is 4.84 Å². The highest BCUT2D eigenvalue weighted by Crippen LogP contribution is 2.23. The number of hydrogen-bond acceptors (Lipinski definition) is 3. The second-order valence-corrected chi connectivity index (χ2v) is 3.45. The first-order valence-corrected chi connectivity index (χ1v) is 4.92. The fourth-order valence-corrected chi connectivity index (χ4v) is 1.54. The lowest BCUT2D eigenvalue weighted by atomic mass is 10.0. The second kappa shape index (κ2) is 3.90. The third kappa shape index (κ3) is 1.94. The van der Waals surface area contributed by atoms with Gasteiger partial charge in [0.15, 0.2) is 11.5 Å². The van der Waals surface area contributed by atoms with Crippen molar-refractivity contribution in [3.05, 3.63) is 29.3 Å². The molecule has 1 amide bonds. The van der Waals surface area contributed by atoms with Crippen LogP contribution in [0.3, 0.4) is 0 Å². The van der Waals surface area contributed by atoms with Gasteiger partial charge in [-0.1, -0.05) is 0 Å². The summed E-state index contributed by atoms with van der Waals surface area (Å²) in [4.78, 5) is 27.3. The molecule has 1 N–H and O–H groups in total. The summed E-state index contributed by atoms with van der Waals surface area (Å²) in [5.41, 5.74) is 3.46. The van der Waals surface area contributed by atoms with E-state index in [0.29, 0.717) is 16.9 Å². The van der Waals surface area contributed by atoms with Crippen molar-refractivity contribution in [2.24, 2.45) is 0 Å². The van der Waals surface area contributed by atoms with Crippen LogP contribution >= 0.6 is 11.6 Å². The summed E-state index contributed by atoms with van der Waals surface area (Å²) in [5, 5.41) is 0. The predicted octanol–water partition coefficient (Wildman–Crippen LogP) is 1.07. The second-order valence-electron chi connectivity index (χ2n) is 3.18. The minimum absolute atomic E-state index is 0.0637. The molecule has 0 saturated heterocycles. The molecule has 1 heterocycles. The lowest BCUT2D eigenvalue weighted by molar-refractivity contribution is -0.128. The molecule has 0 atom stereocenters. The van der Waals surface area contributed by atoms with Crippen molar-refractivity contribution in [2.45, 2.75) is 6.42 Å². The van der Waals surface area contributed by atoms with Gasteiger partial charge in [-0.05, 0) is 18.2 Å². The van der Waals surface area contributed by atoms with Gasteiger partial charge in [0.05, 0.1) is 12.3 Å². The van der Waals surface area contributed by atoms with Crippen LogP contribution in [0.15, 0.2) is 18.2 Å². The van der Waals surface area contributed by atoms with E-state index in [-0.39, 0.29) is 24.0 Å². The van der Waals surface area contributed by atoms with Crippen molar-refractivity contribution in [3.8, 4) is 5.75 Å². The molecule has 15 heavy (non-hydrogen) atoms. The maximum Gasteiger partial charge on any atom is 0.257 e. The third-order valence-electron chi connectivity index (χ3n) is 2.13. The first-order valence-electron chi connectivity index (χ1n) is 4.38. The van der Waals surface area contributed by atoms with Gasteiger partial charge in [0.2, 0.25) is 0 Å². The molecule has 1 aliphatic rings. The van der Waals surface area contributed by atoms with E-state index in [1.807, 2.05) is 0 Å². The number of halogens is 1. The Hall–Kier alpha value is -1.55. The van der Waals surface area contributed by atoms with E-state index in [9.17, 15) is 9.59 Å². The highest BCUT2D eigenvalue weighted by molar-refractivity contribution is 6.30. The quantitative estimate of drug-likeness (QED) is 0.605. The van der Waals surface area contributed by atoms with Crippen LogP contribution in [-0.2, 0) is 11.2 Å². The lowest BCUT2D eigenvalue weighted by Crippen LogP contribution is -2.33. The number of hydroxylamine groups is 1. The monoisotopic (exact) mass is 225 g/mol. The number of alkyl halides is 1. The molecule has 1 aliphatic heterocycles. The number of rotatable bonds is 2. The highest BCUT2D eigenvalue weighted by atomic mass is 35.5. The van der Waals surface area contributed by atoms with E-state index < -0.39 is 0 Å². The van der Waals surface area contributed by atoms with Gasteiger partial charge in [0.25, 0.3) is 5.91 Å². The molecule has 0 radical (unpaired) electrons. The first-order chi connectivity index (χ1) is 7.20. The van der Waals surface area contributed by atoms with Gasteiger partial charge in [-0.2, -0.15) is 5.48 Å². The van der Waals surface area contributed by atoms with Crippen molar-refractivity contribution < 1.29 is 14.4 Å². The number of benzene rings is 1. The normalized spacial score (nSPS) is 13.8. The summed E-state index contributed by atoms with van der Waals surface area (Å²) < 4.78 is 0. The molecule has 0 aliphatic carbocycles. The smallest absolute Gasteiger partial charge is 0.257 e. The fraction of sp³-hybridized carbons (Fsp3) is 0.200. The standard InChI is InChI=1S/C10H8ClNO3/c11-5-8(13)6-1-2-9-7(3-6)4-10(14)12-15-9/h1-3H,4-5H2,(H,12,14). The molecule has 0 aromatic heterocycles. The van der Waals surface area contributed by atoms with E-state index in [2.05, 4.69) is 5.48 Å². The zero-order valence-corrected chi connectivity index (χ0v) is 8.50. The van der Waals surface area contributed by atoms with Gasteiger partial charge >= 0.3 is 0 Å². The summed E-state index contributed by atoms with van der Waals surface area (Å²) in [6.07, 6.45) is 0.221. The molecule has 78 valence electrons. The van der Waals surface area contributed by atoms with E-state index >= 15 is 0 Å². The van der Waals surface area contributed by atoms with Gasteiger partial charge in [-0.15, -0.1) is 11.6 Å². The van der Waals surface area contributed by atoms with Crippen LogP contribution in [0.5, 0.6) is 5.75 Å². The van der Waals surface area contributed by atoms with E-state index in [0.717, 1.165) is 0 Å². The van der Waals surface area contributed by atoms with Crippen LogP contribution < -0.4 is 10.3 Å². The SMILES string of the molecule is O=C1Cc2cc(C(=O)CCl)ccc2ON1. The number of Topliss-reactive ketones (excluding diaryl/α,β-unsaturated/α-hetero) is 1. The molecule has 0 unspecified atom stereocenters. The van der Waals surface area contributed by atoms with Gasteiger partial charge in [-0.25, -0.2) is 0 Å². The molecule has 5 heteroatoms. The van der Waals surface area contributed by atoms with Crippen LogP contribution in [0.4, 0.5) is 0 Å². The molecule has 0 bridgehead atoms. The van der Waals surface area contributed by atoms with E-state index in [1.54, 1.807) is 18.2 Å². The minimum atomic E-state index is -0.224. The Labute approximate surface area is 91.1 Å². The molecule has 1 aromatic rings. The van der Waals surface area contributed by atoms with Gasteiger partial charge in [0.1, 0.15) is 0 Å². The number of carbonyl (C=O) groups is 2. The summed E-state index contributed by atoms with van der Waals surface area (Å²) in [6, 6.07) is 4.91. The highest BCUT2D eigenvalue weighted by Gasteiger charge is 2.17. The Morgan fingerprint density at radius 1 is 1.53 bits per heavy atom. The topological polar surface area (TPSA) is 55.4 Å². The maximum absolute atomic E-state index is 11.3. The Morgan fingerprint density at radius 3 is 3.07 bits per heavy atom. The zero-order chi connectivity index (χ0) is 10.8. The number of nitrogens with one attached hydrogen (secondary N) is 1. The van der Waals surface area contributed by atoms with Gasteiger partial charge in [-0.3, -0.25) is 9.59 Å². The first kappa shape index (κ1) is 9.98. The molecule has 0 saturated carbocycles. The van der Waals surface area contributed by atoms with E-state index in [4.69, 9.17) is 16.4 Å². The Morgan fingerprint density at radius 2 is 2.33 bits per heavy atom. The zero-order valence-electron chi connectivity index (χ0n) is 7.75. The molecule has 0 fully saturated rings. The van der Waals surface area contributed by atoms with Crippen LogP contribution in [0.25, 0.3) is 0 Å². The van der Waals surface area contributed by atoms with Gasteiger partial charge in [0, 0.05) is 11.1 Å². The molecular formula is C10H8ClNO3. The van der Waals surface area contributed by atoms with Crippen molar-refractivity contribution in [3.63, 3.8) is 0 Å². The lowest BCUT2D eigenvalue weighted by Gasteiger charge is -2.16.